The molecule has 112 valence electrons. The second-order valence-electron chi connectivity index (χ2n) is 5.68. The molecule has 0 radical (unpaired) electrons. The number of benzene rings is 2. The normalized spacial score (nSPS) is 13.7. The summed E-state index contributed by atoms with van der Waals surface area (Å²) in [6.07, 6.45) is 2.08. The molecular weight excluding hydrogens is 278 g/mol. The van der Waals surface area contributed by atoms with Crippen LogP contribution in [0.4, 0.5) is 0 Å². The van der Waals surface area contributed by atoms with Crippen LogP contribution in [0.2, 0.25) is 0 Å². The molecule has 0 heterocycles. The van der Waals surface area contributed by atoms with Crippen molar-refractivity contribution in [3.63, 3.8) is 0 Å². The van der Waals surface area contributed by atoms with Crippen LogP contribution in [-0.2, 0) is 0 Å². The van der Waals surface area contributed by atoms with E-state index in [-0.39, 0.29) is 11.5 Å². The van der Waals surface area contributed by atoms with Crippen LogP contribution >= 0.6 is 0 Å². The Bertz CT molecular complexity index is 730. The molecule has 1 aliphatic carbocycles. The summed E-state index contributed by atoms with van der Waals surface area (Å²) in [5, 5.41) is 12.0. The zero-order valence-electron chi connectivity index (χ0n) is 12.3. The van der Waals surface area contributed by atoms with Gasteiger partial charge in [-0.05, 0) is 49.1 Å². The average Bonchev–Trinajstić information content (AvgIpc) is 3.31. The molecule has 3 rings (SSSR count). The summed E-state index contributed by atoms with van der Waals surface area (Å²) < 4.78 is 0. The van der Waals surface area contributed by atoms with Crippen molar-refractivity contribution in [3.05, 3.63) is 59.2 Å². The van der Waals surface area contributed by atoms with Gasteiger partial charge in [0.05, 0.1) is 5.56 Å². The van der Waals surface area contributed by atoms with Crippen LogP contribution in [0.15, 0.2) is 42.5 Å². The highest BCUT2D eigenvalue weighted by molar-refractivity contribution is 6.01. The van der Waals surface area contributed by atoms with Crippen molar-refractivity contribution < 1.29 is 14.7 Å². The van der Waals surface area contributed by atoms with Crippen LogP contribution in [0.1, 0.15) is 39.1 Å². The molecule has 1 fully saturated rings. The Hall–Kier alpha value is -2.62. The summed E-state index contributed by atoms with van der Waals surface area (Å²) in [5.41, 5.74) is 3.59. The zero-order valence-corrected chi connectivity index (χ0v) is 12.3. The molecule has 0 saturated heterocycles. The number of aryl methyl sites for hydroxylation is 1. The van der Waals surface area contributed by atoms with Crippen LogP contribution in [0.3, 0.4) is 0 Å². The molecule has 2 N–H and O–H groups in total. The first kappa shape index (κ1) is 14.3. The molecule has 2 aromatic carbocycles. The van der Waals surface area contributed by atoms with Gasteiger partial charge in [0.25, 0.3) is 5.91 Å². The minimum atomic E-state index is -0.956. The first-order valence-corrected chi connectivity index (χ1v) is 7.30. The van der Waals surface area contributed by atoms with E-state index in [0.717, 1.165) is 29.5 Å². The molecule has 4 nitrogen and oxygen atoms in total. The van der Waals surface area contributed by atoms with Crippen LogP contribution in [0.25, 0.3) is 11.1 Å². The largest absolute Gasteiger partial charge is 0.478 e. The minimum Gasteiger partial charge on any atom is -0.478 e. The first-order valence-electron chi connectivity index (χ1n) is 7.30. The molecule has 0 aliphatic heterocycles. The lowest BCUT2D eigenvalue weighted by atomic mass is 9.96. The lowest BCUT2D eigenvalue weighted by Gasteiger charge is -2.11. The first-order chi connectivity index (χ1) is 10.5. The van der Waals surface area contributed by atoms with E-state index in [4.69, 9.17) is 5.11 Å². The van der Waals surface area contributed by atoms with Crippen LogP contribution < -0.4 is 5.32 Å². The predicted octanol–water partition coefficient (Wildman–Crippen LogP) is 3.25. The molecule has 1 saturated carbocycles. The van der Waals surface area contributed by atoms with Crippen LogP contribution in [0.5, 0.6) is 0 Å². The van der Waals surface area contributed by atoms with Crippen molar-refractivity contribution in [1.29, 1.82) is 0 Å². The average molecular weight is 295 g/mol. The van der Waals surface area contributed by atoms with E-state index >= 15 is 0 Å². The zero-order chi connectivity index (χ0) is 15.7. The number of carbonyl (C=O) groups is 2. The van der Waals surface area contributed by atoms with Gasteiger partial charge in [-0.1, -0.05) is 29.8 Å². The van der Waals surface area contributed by atoms with Gasteiger partial charge >= 0.3 is 5.97 Å². The monoisotopic (exact) mass is 295 g/mol. The van der Waals surface area contributed by atoms with E-state index in [1.807, 2.05) is 25.1 Å². The second kappa shape index (κ2) is 5.64. The maximum absolute atomic E-state index is 12.4. The Balaban J connectivity index is 1.98. The Morgan fingerprint density at radius 3 is 2.36 bits per heavy atom. The predicted molar refractivity (Wildman–Crippen MR) is 84.1 cm³/mol. The topological polar surface area (TPSA) is 66.4 Å². The van der Waals surface area contributed by atoms with Gasteiger partial charge < -0.3 is 10.4 Å². The minimum absolute atomic E-state index is 0.0696. The van der Waals surface area contributed by atoms with E-state index in [1.54, 1.807) is 24.3 Å². The quantitative estimate of drug-likeness (QED) is 0.910. The van der Waals surface area contributed by atoms with Crippen LogP contribution in [0, 0.1) is 6.92 Å². The number of nitrogens with one attached hydrogen (secondary N) is 1. The summed E-state index contributed by atoms with van der Waals surface area (Å²) in [6.45, 7) is 1.97. The summed E-state index contributed by atoms with van der Waals surface area (Å²) in [4.78, 5) is 23.3. The van der Waals surface area contributed by atoms with Gasteiger partial charge in [0.2, 0.25) is 0 Å². The van der Waals surface area contributed by atoms with E-state index in [1.165, 1.54) is 0 Å². The maximum Gasteiger partial charge on any atom is 0.335 e. The lowest BCUT2D eigenvalue weighted by Crippen LogP contribution is -2.25. The maximum atomic E-state index is 12.4. The Morgan fingerprint density at radius 2 is 1.77 bits per heavy atom. The molecule has 22 heavy (non-hydrogen) atoms. The number of aromatic carboxylic acids is 1. The summed E-state index contributed by atoms with van der Waals surface area (Å²) in [7, 11) is 0. The molecule has 0 aromatic heterocycles. The number of carboxylic acids is 1. The number of hydrogen-bond donors (Lipinski definition) is 2. The number of amides is 1. The summed E-state index contributed by atoms with van der Waals surface area (Å²) >= 11 is 0. The van der Waals surface area contributed by atoms with Gasteiger partial charge in [0, 0.05) is 11.6 Å². The lowest BCUT2D eigenvalue weighted by molar-refractivity contribution is 0.0696. The van der Waals surface area contributed by atoms with E-state index < -0.39 is 5.97 Å². The van der Waals surface area contributed by atoms with Gasteiger partial charge in [-0.2, -0.15) is 0 Å². The van der Waals surface area contributed by atoms with Crippen molar-refractivity contribution in [3.8, 4) is 11.1 Å². The van der Waals surface area contributed by atoms with E-state index in [9.17, 15) is 9.59 Å². The highest BCUT2D eigenvalue weighted by Gasteiger charge is 2.25. The molecule has 0 spiro atoms. The van der Waals surface area contributed by atoms with Crippen LogP contribution in [-0.4, -0.2) is 23.0 Å². The second-order valence-corrected chi connectivity index (χ2v) is 5.68. The highest BCUT2D eigenvalue weighted by atomic mass is 16.4. The number of rotatable bonds is 4. The third kappa shape index (κ3) is 3.01. The summed E-state index contributed by atoms with van der Waals surface area (Å²) in [6, 6.07) is 12.6. The van der Waals surface area contributed by atoms with Crippen molar-refractivity contribution in [1.82, 2.24) is 5.32 Å². The van der Waals surface area contributed by atoms with Gasteiger partial charge in [-0.25, -0.2) is 4.79 Å². The fourth-order valence-electron chi connectivity index (χ4n) is 2.38. The Morgan fingerprint density at radius 1 is 1.09 bits per heavy atom. The molecule has 1 amide bonds. The fourth-order valence-corrected chi connectivity index (χ4v) is 2.38. The van der Waals surface area contributed by atoms with Crippen molar-refractivity contribution in [2.45, 2.75) is 25.8 Å². The van der Waals surface area contributed by atoms with Crippen molar-refractivity contribution in [2.24, 2.45) is 0 Å². The van der Waals surface area contributed by atoms with Crippen molar-refractivity contribution >= 4 is 11.9 Å². The molecule has 0 atom stereocenters. The molecule has 0 bridgehead atoms. The van der Waals surface area contributed by atoms with E-state index in [0.29, 0.717) is 11.6 Å². The van der Waals surface area contributed by atoms with Gasteiger partial charge in [-0.15, -0.1) is 0 Å². The number of carboxylic acid groups (broad SMARTS) is 1. The molecule has 2 aromatic rings. The molecular formula is C18H17NO3. The van der Waals surface area contributed by atoms with Crippen molar-refractivity contribution in [2.75, 3.05) is 0 Å². The van der Waals surface area contributed by atoms with Gasteiger partial charge in [0.15, 0.2) is 0 Å². The third-order valence-corrected chi connectivity index (χ3v) is 3.78. The fraction of sp³-hybridized carbons (Fsp3) is 0.222. The Labute approximate surface area is 128 Å². The molecule has 0 unspecified atom stereocenters. The van der Waals surface area contributed by atoms with Gasteiger partial charge in [-0.3, -0.25) is 4.79 Å². The summed E-state index contributed by atoms with van der Waals surface area (Å²) in [5.74, 6) is -1.03. The number of hydrogen-bond acceptors (Lipinski definition) is 2. The number of carbonyl (C=O) groups excluding carboxylic acids is 1. The van der Waals surface area contributed by atoms with E-state index in [2.05, 4.69) is 5.32 Å². The third-order valence-electron chi connectivity index (χ3n) is 3.78. The SMILES string of the molecule is Cc1ccc(C(=O)NC2CC2)c(-c2ccc(C(=O)O)cc2)c1. The standard InChI is InChI=1S/C18H17NO3/c1-11-2-9-15(17(20)19-14-7-8-14)16(10-11)12-3-5-13(6-4-12)18(21)22/h2-6,9-10,14H,7-8H2,1H3,(H,19,20)(H,21,22). The molecule has 1 aliphatic rings. The van der Waals surface area contributed by atoms with Gasteiger partial charge in [0.1, 0.15) is 0 Å². The smallest absolute Gasteiger partial charge is 0.335 e. The Kier molecular flexibility index (Phi) is 3.67. The molecule has 4 heteroatoms. The highest BCUT2D eigenvalue weighted by Crippen LogP contribution is 2.27.